The standard InChI is InChI=1S/C15H28O/c1-5-6-12-7-8-14(16)13(11-12)9-10-15(2,3)4/h12-13H,5-11H2,1-4H3. The van der Waals surface area contributed by atoms with Crippen LogP contribution in [0.1, 0.15) is 72.6 Å². The maximum Gasteiger partial charge on any atom is 0.135 e. The lowest BCUT2D eigenvalue weighted by Crippen LogP contribution is -2.26. The topological polar surface area (TPSA) is 17.1 Å². The first-order valence-electron chi connectivity index (χ1n) is 6.95. The zero-order chi connectivity index (χ0) is 12.2. The van der Waals surface area contributed by atoms with E-state index in [1.54, 1.807) is 0 Å². The van der Waals surface area contributed by atoms with E-state index in [0.29, 0.717) is 17.1 Å². The fraction of sp³-hybridized carbons (Fsp3) is 0.933. The Balaban J connectivity index is 2.40. The Morgan fingerprint density at radius 1 is 1.25 bits per heavy atom. The molecule has 16 heavy (non-hydrogen) atoms. The molecule has 1 saturated carbocycles. The summed E-state index contributed by atoms with van der Waals surface area (Å²) in [6.45, 7) is 9.05. The maximum atomic E-state index is 11.9. The van der Waals surface area contributed by atoms with Gasteiger partial charge in [-0.2, -0.15) is 0 Å². The lowest BCUT2D eigenvalue weighted by Gasteiger charge is -2.30. The van der Waals surface area contributed by atoms with Crippen LogP contribution >= 0.6 is 0 Å². The van der Waals surface area contributed by atoms with E-state index in [2.05, 4.69) is 27.7 Å². The first-order chi connectivity index (χ1) is 7.42. The Hall–Kier alpha value is -0.330. The van der Waals surface area contributed by atoms with Gasteiger partial charge in [0.15, 0.2) is 0 Å². The Morgan fingerprint density at radius 2 is 1.94 bits per heavy atom. The van der Waals surface area contributed by atoms with E-state index < -0.39 is 0 Å². The summed E-state index contributed by atoms with van der Waals surface area (Å²) in [6.07, 6.45) is 8.05. The van der Waals surface area contributed by atoms with Crippen molar-refractivity contribution in [3.8, 4) is 0 Å². The van der Waals surface area contributed by atoms with Crippen molar-refractivity contribution in [1.29, 1.82) is 0 Å². The van der Waals surface area contributed by atoms with Crippen molar-refractivity contribution in [3.63, 3.8) is 0 Å². The van der Waals surface area contributed by atoms with Gasteiger partial charge in [-0.1, -0.05) is 40.5 Å². The lowest BCUT2D eigenvalue weighted by atomic mass is 9.74. The summed E-state index contributed by atoms with van der Waals surface area (Å²) in [5.41, 5.74) is 0.373. The molecule has 0 aliphatic heterocycles. The van der Waals surface area contributed by atoms with Gasteiger partial charge in [-0.3, -0.25) is 4.79 Å². The van der Waals surface area contributed by atoms with Crippen LogP contribution in [0.25, 0.3) is 0 Å². The van der Waals surface area contributed by atoms with E-state index in [-0.39, 0.29) is 0 Å². The third kappa shape index (κ3) is 4.67. The van der Waals surface area contributed by atoms with Crippen LogP contribution in [0.2, 0.25) is 0 Å². The van der Waals surface area contributed by atoms with E-state index >= 15 is 0 Å². The smallest absolute Gasteiger partial charge is 0.135 e. The van der Waals surface area contributed by atoms with Crippen molar-refractivity contribution in [3.05, 3.63) is 0 Å². The largest absolute Gasteiger partial charge is 0.299 e. The minimum atomic E-state index is 0.373. The third-order valence-electron chi connectivity index (χ3n) is 3.81. The average molecular weight is 224 g/mol. The highest BCUT2D eigenvalue weighted by Gasteiger charge is 2.28. The molecule has 1 aliphatic rings. The SMILES string of the molecule is CCCC1CCC(=O)C(CCC(C)(C)C)C1. The number of rotatable bonds is 4. The van der Waals surface area contributed by atoms with Crippen molar-refractivity contribution < 1.29 is 4.79 Å². The average Bonchev–Trinajstić information content (AvgIpc) is 2.18. The van der Waals surface area contributed by atoms with Gasteiger partial charge >= 0.3 is 0 Å². The number of carbonyl (C=O) groups excluding carboxylic acids is 1. The number of carbonyl (C=O) groups is 1. The van der Waals surface area contributed by atoms with E-state index in [4.69, 9.17) is 0 Å². The molecule has 0 saturated heterocycles. The predicted octanol–water partition coefficient (Wildman–Crippen LogP) is 4.60. The highest BCUT2D eigenvalue weighted by atomic mass is 16.1. The van der Waals surface area contributed by atoms with Crippen LogP contribution in [0.5, 0.6) is 0 Å². The Morgan fingerprint density at radius 3 is 2.50 bits per heavy atom. The molecule has 2 unspecified atom stereocenters. The molecule has 0 aromatic heterocycles. The van der Waals surface area contributed by atoms with Crippen molar-refractivity contribution >= 4 is 5.78 Å². The highest BCUT2D eigenvalue weighted by molar-refractivity contribution is 5.81. The number of hydrogen-bond acceptors (Lipinski definition) is 1. The summed E-state index contributed by atoms with van der Waals surface area (Å²) in [7, 11) is 0. The van der Waals surface area contributed by atoms with Gasteiger partial charge in [-0.05, 0) is 37.0 Å². The summed E-state index contributed by atoms with van der Waals surface area (Å²) < 4.78 is 0. The summed E-state index contributed by atoms with van der Waals surface area (Å²) in [4.78, 5) is 11.9. The van der Waals surface area contributed by atoms with Gasteiger partial charge < -0.3 is 0 Å². The van der Waals surface area contributed by atoms with Crippen molar-refractivity contribution in [2.24, 2.45) is 17.3 Å². The molecule has 0 amide bonds. The van der Waals surface area contributed by atoms with Gasteiger partial charge in [0, 0.05) is 12.3 Å². The first kappa shape index (κ1) is 13.7. The molecule has 0 aromatic carbocycles. The van der Waals surface area contributed by atoms with Crippen LogP contribution in [-0.2, 0) is 4.79 Å². The molecular formula is C15H28O. The number of Topliss-reactive ketones (excluding diaryl/α,β-unsaturated/α-hetero) is 1. The van der Waals surface area contributed by atoms with Gasteiger partial charge in [-0.25, -0.2) is 0 Å². The van der Waals surface area contributed by atoms with Crippen LogP contribution in [0.3, 0.4) is 0 Å². The molecule has 1 rings (SSSR count). The van der Waals surface area contributed by atoms with Gasteiger partial charge in [0.25, 0.3) is 0 Å². The van der Waals surface area contributed by atoms with Crippen LogP contribution in [0, 0.1) is 17.3 Å². The van der Waals surface area contributed by atoms with E-state index in [1.807, 2.05) is 0 Å². The molecule has 0 radical (unpaired) electrons. The monoisotopic (exact) mass is 224 g/mol. The second kappa shape index (κ2) is 5.84. The van der Waals surface area contributed by atoms with Crippen LogP contribution in [0.4, 0.5) is 0 Å². The van der Waals surface area contributed by atoms with Crippen LogP contribution in [0.15, 0.2) is 0 Å². The second-order valence-electron chi connectivity index (χ2n) is 6.69. The van der Waals surface area contributed by atoms with Gasteiger partial charge in [0.2, 0.25) is 0 Å². The molecule has 1 nitrogen and oxygen atoms in total. The maximum absolute atomic E-state index is 11.9. The van der Waals surface area contributed by atoms with E-state index in [0.717, 1.165) is 25.2 Å². The molecular weight excluding hydrogens is 196 g/mol. The Labute approximate surface area is 101 Å². The predicted molar refractivity (Wildman–Crippen MR) is 69.4 cm³/mol. The Bertz CT molecular complexity index is 224. The summed E-state index contributed by atoms with van der Waals surface area (Å²) in [6, 6.07) is 0. The van der Waals surface area contributed by atoms with Gasteiger partial charge in [0.05, 0.1) is 0 Å². The van der Waals surface area contributed by atoms with E-state index in [1.165, 1.54) is 25.7 Å². The molecule has 0 spiro atoms. The summed E-state index contributed by atoms with van der Waals surface area (Å²) in [5.74, 6) is 1.74. The number of ketones is 1. The fourth-order valence-electron chi connectivity index (χ4n) is 2.76. The third-order valence-corrected chi connectivity index (χ3v) is 3.81. The quantitative estimate of drug-likeness (QED) is 0.682. The minimum Gasteiger partial charge on any atom is -0.299 e. The molecule has 1 fully saturated rings. The van der Waals surface area contributed by atoms with Crippen molar-refractivity contribution in [2.75, 3.05) is 0 Å². The zero-order valence-corrected chi connectivity index (χ0v) is 11.5. The molecule has 1 aliphatic carbocycles. The summed E-state index contributed by atoms with van der Waals surface area (Å²) in [5, 5.41) is 0. The normalized spacial score (nSPS) is 27.1. The summed E-state index contributed by atoms with van der Waals surface area (Å²) >= 11 is 0. The molecule has 0 heterocycles. The molecule has 0 N–H and O–H groups in total. The highest BCUT2D eigenvalue weighted by Crippen LogP contribution is 2.34. The lowest BCUT2D eigenvalue weighted by molar-refractivity contribution is -0.126. The van der Waals surface area contributed by atoms with E-state index in [9.17, 15) is 4.79 Å². The fourth-order valence-corrected chi connectivity index (χ4v) is 2.76. The molecule has 1 heteroatoms. The number of hydrogen-bond donors (Lipinski definition) is 0. The van der Waals surface area contributed by atoms with Gasteiger partial charge in [-0.15, -0.1) is 0 Å². The van der Waals surface area contributed by atoms with Gasteiger partial charge in [0.1, 0.15) is 5.78 Å². The van der Waals surface area contributed by atoms with Crippen LogP contribution in [-0.4, -0.2) is 5.78 Å². The first-order valence-corrected chi connectivity index (χ1v) is 6.95. The van der Waals surface area contributed by atoms with Crippen LogP contribution < -0.4 is 0 Å². The molecule has 0 bridgehead atoms. The van der Waals surface area contributed by atoms with Crippen molar-refractivity contribution in [2.45, 2.75) is 72.6 Å². The molecule has 2 atom stereocenters. The molecule has 0 aromatic rings. The minimum absolute atomic E-state index is 0.373. The Kier molecular flexibility index (Phi) is 5.01. The second-order valence-corrected chi connectivity index (χ2v) is 6.69. The zero-order valence-electron chi connectivity index (χ0n) is 11.5. The molecule has 94 valence electrons. The van der Waals surface area contributed by atoms with Crippen molar-refractivity contribution in [1.82, 2.24) is 0 Å².